The molecule has 20 heteroatoms. The Morgan fingerprint density at radius 1 is 0.393 bits per heavy atom. The van der Waals surface area contributed by atoms with Crippen molar-refractivity contribution in [2.45, 2.75) is 24.7 Å². The molecule has 0 amide bonds. The Bertz CT molecular complexity index is 2430. The van der Waals surface area contributed by atoms with E-state index in [-0.39, 0.29) is 36.4 Å². The summed E-state index contributed by atoms with van der Waals surface area (Å²) in [6.45, 7) is 0. The second-order valence-corrected chi connectivity index (χ2v) is 11.4. The van der Waals surface area contributed by atoms with E-state index in [4.69, 9.17) is 0 Å². The lowest BCUT2D eigenvalue weighted by Gasteiger charge is -2.17. The minimum Gasteiger partial charge on any atom is -0.206 e. The Labute approximate surface area is 302 Å². The largest absolute Gasteiger partial charge is 0.416 e. The van der Waals surface area contributed by atoms with Crippen molar-refractivity contribution in [1.29, 1.82) is 31.6 Å². The fraction of sp³-hybridized carbons (Fsp3) is 0.111. The van der Waals surface area contributed by atoms with Crippen LogP contribution in [-0.4, -0.2) is 0 Å². The van der Waals surface area contributed by atoms with Gasteiger partial charge in [0.1, 0.15) is 59.2 Å². The highest BCUT2D eigenvalue weighted by Gasteiger charge is 2.46. The summed E-state index contributed by atoms with van der Waals surface area (Å²) in [7, 11) is 0. The third-order valence-corrected chi connectivity index (χ3v) is 8.30. The molecular formula is C36H6F14N6. The number of hydrogen-bond acceptors (Lipinski definition) is 6. The standard InChI is InChI=1S/C36H6F14N6/c37-31-27-21(11-55)23(13-1-17(33(39,40)41)5-18(2-13)34(42,43)44)25(15(7-51)8-52)29(27)32(38)30-26(16(9-53)10-54)24(22(12-56)28(30)31)14-3-19(35(45,46)47)6-20(4-14)36(48,49)50/h1-6H. The lowest BCUT2D eigenvalue weighted by Crippen LogP contribution is -2.12. The van der Waals surface area contributed by atoms with Gasteiger partial charge >= 0.3 is 24.7 Å². The lowest BCUT2D eigenvalue weighted by molar-refractivity contribution is -0.144. The molecule has 3 aromatic rings. The summed E-state index contributed by atoms with van der Waals surface area (Å²) in [6, 6.07) is 6.46. The van der Waals surface area contributed by atoms with Crippen molar-refractivity contribution < 1.29 is 61.5 Å². The van der Waals surface area contributed by atoms with E-state index in [0.29, 0.717) is 0 Å². The Kier molecular flexibility index (Phi) is 9.35. The molecule has 0 saturated heterocycles. The van der Waals surface area contributed by atoms with Crippen LogP contribution in [0.25, 0.3) is 33.4 Å². The number of hydrogen-bond donors (Lipinski definition) is 0. The van der Waals surface area contributed by atoms with Gasteiger partial charge in [-0.3, -0.25) is 0 Å². The number of allylic oxidation sites excluding steroid dienone is 8. The van der Waals surface area contributed by atoms with Crippen molar-refractivity contribution in [3.05, 3.63) is 115 Å². The predicted octanol–water partition coefficient (Wildman–Crippen LogP) is 10.5. The molecule has 0 unspecified atom stereocenters. The third kappa shape index (κ3) is 6.24. The summed E-state index contributed by atoms with van der Waals surface area (Å²) in [5.41, 5.74) is -27.0. The van der Waals surface area contributed by atoms with E-state index in [2.05, 4.69) is 0 Å². The van der Waals surface area contributed by atoms with Gasteiger partial charge in [-0.25, -0.2) is 8.78 Å². The first-order chi connectivity index (χ1) is 25.9. The Morgan fingerprint density at radius 3 is 0.857 bits per heavy atom. The highest BCUT2D eigenvalue weighted by Crippen LogP contribution is 2.58. The van der Waals surface area contributed by atoms with Crippen molar-refractivity contribution in [2.75, 3.05) is 0 Å². The molecule has 56 heavy (non-hydrogen) atoms. The van der Waals surface area contributed by atoms with Crippen LogP contribution in [0.4, 0.5) is 61.5 Å². The van der Waals surface area contributed by atoms with E-state index in [0.717, 1.165) is 0 Å². The summed E-state index contributed by atoms with van der Waals surface area (Å²) in [5, 5.41) is 59.5. The van der Waals surface area contributed by atoms with E-state index in [9.17, 15) is 84.3 Å². The predicted molar refractivity (Wildman–Crippen MR) is 160 cm³/mol. The number of fused-ring (bicyclic) bond motifs is 2. The number of nitrogens with zero attached hydrogens (tertiary/aromatic N) is 6. The van der Waals surface area contributed by atoms with Crippen LogP contribution in [0.2, 0.25) is 0 Å². The zero-order valence-corrected chi connectivity index (χ0v) is 26.4. The van der Waals surface area contributed by atoms with Gasteiger partial charge in [0.2, 0.25) is 0 Å². The lowest BCUT2D eigenvalue weighted by atomic mass is 9.87. The second kappa shape index (κ2) is 13.2. The van der Waals surface area contributed by atoms with Crippen molar-refractivity contribution in [2.24, 2.45) is 0 Å². The topological polar surface area (TPSA) is 143 Å². The van der Waals surface area contributed by atoms with Crippen LogP contribution in [0.3, 0.4) is 0 Å². The highest BCUT2D eigenvalue weighted by molar-refractivity contribution is 6.30. The molecule has 0 radical (unpaired) electrons. The molecular weight excluding hydrogens is 782 g/mol. The maximum atomic E-state index is 17.2. The first-order valence-corrected chi connectivity index (χ1v) is 14.5. The smallest absolute Gasteiger partial charge is 0.206 e. The zero-order valence-electron chi connectivity index (χ0n) is 26.4. The van der Waals surface area contributed by atoms with Gasteiger partial charge in [0.25, 0.3) is 0 Å². The summed E-state index contributed by atoms with van der Waals surface area (Å²) >= 11 is 0. The SMILES string of the molecule is N#CC(C#N)=C1C(c2cc(C(F)(F)F)cc(C(F)(F)F)c2)=C(C#N)c2c(F)c3c(c(F)c21)C(=C(C#N)C#N)C(c1cc(C(F)(F)F)cc(C(F)(F)F)c1)=C3C#N. The van der Waals surface area contributed by atoms with Crippen LogP contribution in [0.1, 0.15) is 55.6 Å². The van der Waals surface area contributed by atoms with E-state index >= 15 is 8.78 Å². The molecule has 0 spiro atoms. The molecule has 0 aromatic heterocycles. The van der Waals surface area contributed by atoms with E-state index in [1.807, 2.05) is 0 Å². The quantitative estimate of drug-likeness (QED) is 0.187. The van der Waals surface area contributed by atoms with Crippen molar-refractivity contribution >= 4 is 33.4 Å². The number of halogens is 14. The molecule has 0 N–H and O–H groups in total. The van der Waals surface area contributed by atoms with Crippen molar-refractivity contribution in [3.63, 3.8) is 0 Å². The molecule has 0 fully saturated rings. The Morgan fingerprint density at radius 2 is 0.643 bits per heavy atom. The fourth-order valence-corrected chi connectivity index (χ4v) is 6.15. The average molecular weight is 788 g/mol. The monoisotopic (exact) mass is 788 g/mol. The zero-order chi connectivity index (χ0) is 42.0. The molecule has 278 valence electrons. The molecule has 0 heterocycles. The molecule has 2 aliphatic rings. The minimum absolute atomic E-state index is 0.0109. The van der Waals surface area contributed by atoms with E-state index < -0.39 is 137 Å². The van der Waals surface area contributed by atoms with Gasteiger partial charge in [-0.15, -0.1) is 0 Å². The van der Waals surface area contributed by atoms with Crippen LogP contribution >= 0.6 is 0 Å². The number of rotatable bonds is 2. The molecule has 3 aromatic carbocycles. The number of alkyl halides is 12. The second-order valence-electron chi connectivity index (χ2n) is 11.4. The van der Waals surface area contributed by atoms with Crippen LogP contribution in [-0.2, 0) is 24.7 Å². The van der Waals surface area contributed by atoms with Crippen LogP contribution in [0.15, 0.2) is 47.5 Å². The molecule has 2 aliphatic carbocycles. The third-order valence-electron chi connectivity index (χ3n) is 8.30. The summed E-state index contributed by atoms with van der Waals surface area (Å²) in [5.74, 6) is -4.08. The normalized spacial score (nSPS) is 13.9. The van der Waals surface area contributed by atoms with Gasteiger partial charge in [-0.2, -0.15) is 84.3 Å². The number of nitriles is 6. The van der Waals surface area contributed by atoms with Gasteiger partial charge in [-0.1, -0.05) is 0 Å². The van der Waals surface area contributed by atoms with Gasteiger partial charge in [0.05, 0.1) is 33.4 Å². The number of benzene rings is 3. The fourth-order valence-electron chi connectivity index (χ4n) is 6.15. The Balaban J connectivity index is 2.06. The molecule has 0 atom stereocenters. The maximum Gasteiger partial charge on any atom is 0.416 e. The molecule has 5 rings (SSSR count). The van der Waals surface area contributed by atoms with Crippen LogP contribution < -0.4 is 0 Å². The van der Waals surface area contributed by atoms with Crippen molar-refractivity contribution in [3.8, 4) is 36.4 Å². The van der Waals surface area contributed by atoms with Crippen LogP contribution in [0, 0.1) is 79.6 Å². The molecule has 0 saturated carbocycles. The molecule has 0 aliphatic heterocycles. The summed E-state index contributed by atoms with van der Waals surface area (Å²) < 4.78 is 201. The summed E-state index contributed by atoms with van der Waals surface area (Å²) in [4.78, 5) is 0. The summed E-state index contributed by atoms with van der Waals surface area (Å²) in [6.07, 6.45) is -22.2. The first-order valence-electron chi connectivity index (χ1n) is 14.5. The minimum atomic E-state index is -5.55. The van der Waals surface area contributed by atoms with E-state index in [1.54, 1.807) is 0 Å². The maximum absolute atomic E-state index is 17.2. The van der Waals surface area contributed by atoms with Crippen molar-refractivity contribution in [1.82, 2.24) is 0 Å². The highest BCUT2D eigenvalue weighted by atomic mass is 19.4. The van der Waals surface area contributed by atoms with Gasteiger partial charge in [0, 0.05) is 44.5 Å². The van der Waals surface area contributed by atoms with Crippen LogP contribution in [0.5, 0.6) is 0 Å². The first kappa shape index (κ1) is 39.8. The average Bonchev–Trinajstić information content (AvgIpc) is 3.64. The molecule has 6 nitrogen and oxygen atoms in total. The van der Waals surface area contributed by atoms with Gasteiger partial charge < -0.3 is 0 Å². The van der Waals surface area contributed by atoms with Gasteiger partial charge in [0.15, 0.2) is 0 Å². The molecule has 0 bridgehead atoms. The van der Waals surface area contributed by atoms with Gasteiger partial charge in [-0.05, 0) is 47.5 Å². The van der Waals surface area contributed by atoms with E-state index in [1.165, 1.54) is 36.4 Å². The Hall–Kier alpha value is -7.42.